The van der Waals surface area contributed by atoms with E-state index in [2.05, 4.69) is 20.9 Å². The first-order valence-electron chi connectivity index (χ1n) is 3.50. The molecular formula is C8H4BrClN2O. The minimum Gasteiger partial charge on any atom is -0.296 e. The van der Waals surface area contributed by atoms with Crippen molar-refractivity contribution < 1.29 is 4.79 Å². The van der Waals surface area contributed by atoms with Crippen LogP contribution in [0, 0.1) is 0 Å². The van der Waals surface area contributed by atoms with E-state index in [1.165, 1.54) is 0 Å². The van der Waals surface area contributed by atoms with Crippen LogP contribution >= 0.6 is 27.5 Å². The number of hydrogen-bond acceptors (Lipinski definition) is 2. The van der Waals surface area contributed by atoms with Gasteiger partial charge in [0, 0.05) is 10.7 Å². The van der Waals surface area contributed by atoms with E-state index in [4.69, 9.17) is 11.6 Å². The third kappa shape index (κ3) is 1.36. The second-order valence-electron chi connectivity index (χ2n) is 2.48. The van der Waals surface area contributed by atoms with Crippen molar-refractivity contribution in [1.82, 2.24) is 9.38 Å². The Kier molecular flexibility index (Phi) is 2.09. The van der Waals surface area contributed by atoms with Crippen molar-refractivity contribution in [3.8, 4) is 0 Å². The van der Waals surface area contributed by atoms with Crippen LogP contribution < -0.4 is 0 Å². The van der Waals surface area contributed by atoms with Crippen LogP contribution in [0.15, 0.2) is 22.8 Å². The number of aromatic nitrogens is 2. The maximum Gasteiger partial charge on any atom is 0.186 e. The van der Waals surface area contributed by atoms with Gasteiger partial charge in [-0.05, 0) is 12.1 Å². The predicted molar refractivity (Wildman–Crippen MR) is 53.3 cm³/mol. The van der Waals surface area contributed by atoms with Crippen LogP contribution in [0.2, 0.25) is 5.15 Å². The molecule has 0 saturated carbocycles. The normalized spacial score (nSPS) is 10.6. The smallest absolute Gasteiger partial charge is 0.186 e. The number of carbonyl (C=O) groups excluding carboxylic acids is 1. The molecule has 0 spiro atoms. The standard InChI is InChI=1S/C8H4BrClN2O/c9-5-1-2-12-6(3-5)8(10)11-7(12)4-13/h1-4H. The van der Waals surface area contributed by atoms with Gasteiger partial charge in [-0.25, -0.2) is 4.98 Å². The Morgan fingerprint density at radius 3 is 3.08 bits per heavy atom. The summed E-state index contributed by atoms with van der Waals surface area (Å²) < 4.78 is 2.54. The zero-order chi connectivity index (χ0) is 9.42. The molecule has 0 aromatic carbocycles. The zero-order valence-corrected chi connectivity index (χ0v) is 8.71. The molecule has 0 aliphatic heterocycles. The predicted octanol–water partition coefficient (Wildman–Crippen LogP) is 2.56. The number of nitrogens with zero attached hydrogens (tertiary/aromatic N) is 2. The molecule has 0 fully saturated rings. The Labute approximate surface area is 87.5 Å². The number of aldehydes is 1. The Bertz CT molecular complexity index is 480. The van der Waals surface area contributed by atoms with Crippen molar-refractivity contribution in [2.45, 2.75) is 0 Å². The second-order valence-corrected chi connectivity index (χ2v) is 3.75. The molecule has 0 aliphatic rings. The summed E-state index contributed by atoms with van der Waals surface area (Å²) in [4.78, 5) is 14.5. The summed E-state index contributed by atoms with van der Waals surface area (Å²) in [5.74, 6) is 0.313. The monoisotopic (exact) mass is 258 g/mol. The third-order valence-electron chi connectivity index (χ3n) is 1.69. The molecule has 5 heteroatoms. The molecule has 2 aromatic heterocycles. The summed E-state index contributed by atoms with van der Waals surface area (Å²) in [7, 11) is 0. The molecular weight excluding hydrogens is 255 g/mol. The van der Waals surface area contributed by atoms with Gasteiger partial charge < -0.3 is 0 Å². The lowest BCUT2D eigenvalue weighted by molar-refractivity contribution is 0.111. The Morgan fingerprint density at radius 1 is 1.62 bits per heavy atom. The van der Waals surface area contributed by atoms with Gasteiger partial charge in [-0.3, -0.25) is 9.20 Å². The van der Waals surface area contributed by atoms with Gasteiger partial charge >= 0.3 is 0 Å². The first-order chi connectivity index (χ1) is 6.22. The second kappa shape index (κ2) is 3.12. The van der Waals surface area contributed by atoms with Crippen molar-refractivity contribution in [2.75, 3.05) is 0 Å². The number of imidazole rings is 1. The molecule has 2 heterocycles. The summed E-state index contributed by atoms with van der Waals surface area (Å²) >= 11 is 9.13. The molecule has 0 atom stereocenters. The molecule has 66 valence electrons. The topological polar surface area (TPSA) is 34.4 Å². The number of pyridine rings is 1. The van der Waals surface area contributed by atoms with Crippen LogP contribution in [-0.2, 0) is 0 Å². The van der Waals surface area contributed by atoms with E-state index in [1.807, 2.05) is 12.1 Å². The largest absolute Gasteiger partial charge is 0.296 e. The van der Waals surface area contributed by atoms with Gasteiger partial charge in [-0.1, -0.05) is 27.5 Å². The molecule has 2 rings (SSSR count). The lowest BCUT2D eigenvalue weighted by atomic mass is 10.4. The van der Waals surface area contributed by atoms with E-state index >= 15 is 0 Å². The fraction of sp³-hybridized carbons (Fsp3) is 0. The molecule has 3 nitrogen and oxygen atoms in total. The molecule has 0 radical (unpaired) electrons. The lowest BCUT2D eigenvalue weighted by Crippen LogP contribution is -1.90. The molecule has 0 saturated heterocycles. The average molecular weight is 259 g/mol. The fourth-order valence-corrected chi connectivity index (χ4v) is 1.70. The van der Waals surface area contributed by atoms with E-state index in [0.717, 1.165) is 9.99 Å². The van der Waals surface area contributed by atoms with Gasteiger partial charge in [0.15, 0.2) is 17.3 Å². The number of halogens is 2. The van der Waals surface area contributed by atoms with Gasteiger partial charge in [0.1, 0.15) is 0 Å². The van der Waals surface area contributed by atoms with Crippen LogP contribution in [0.5, 0.6) is 0 Å². The van der Waals surface area contributed by atoms with Crippen LogP contribution in [-0.4, -0.2) is 15.7 Å². The summed E-state index contributed by atoms with van der Waals surface area (Å²) in [5.41, 5.74) is 0.721. The van der Waals surface area contributed by atoms with Crippen molar-refractivity contribution in [3.05, 3.63) is 33.8 Å². The number of fused-ring (bicyclic) bond motifs is 1. The Balaban J connectivity index is 2.88. The summed E-state index contributed by atoms with van der Waals surface area (Å²) in [6, 6.07) is 3.63. The zero-order valence-electron chi connectivity index (χ0n) is 6.37. The van der Waals surface area contributed by atoms with Crippen molar-refractivity contribution >= 4 is 39.3 Å². The minimum atomic E-state index is 0.313. The molecule has 2 aromatic rings. The van der Waals surface area contributed by atoms with E-state index in [1.54, 1.807) is 10.6 Å². The average Bonchev–Trinajstić information content (AvgIpc) is 2.43. The highest BCUT2D eigenvalue weighted by atomic mass is 79.9. The molecule has 0 unspecified atom stereocenters. The van der Waals surface area contributed by atoms with E-state index < -0.39 is 0 Å². The van der Waals surface area contributed by atoms with E-state index in [-0.39, 0.29) is 0 Å². The molecule has 0 bridgehead atoms. The van der Waals surface area contributed by atoms with Crippen LogP contribution in [0.3, 0.4) is 0 Å². The highest BCUT2D eigenvalue weighted by Crippen LogP contribution is 2.21. The van der Waals surface area contributed by atoms with Gasteiger partial charge in [0.2, 0.25) is 0 Å². The highest BCUT2D eigenvalue weighted by Gasteiger charge is 2.07. The molecule has 0 amide bonds. The lowest BCUT2D eigenvalue weighted by Gasteiger charge is -1.94. The van der Waals surface area contributed by atoms with E-state index in [9.17, 15) is 4.79 Å². The van der Waals surface area contributed by atoms with Gasteiger partial charge in [0.05, 0.1) is 5.52 Å². The summed E-state index contributed by atoms with van der Waals surface area (Å²) in [6.07, 6.45) is 2.41. The maximum atomic E-state index is 10.6. The fourth-order valence-electron chi connectivity index (χ4n) is 1.13. The maximum absolute atomic E-state index is 10.6. The SMILES string of the molecule is O=Cc1nc(Cl)c2cc(Br)ccn12. The first-order valence-corrected chi connectivity index (χ1v) is 4.68. The van der Waals surface area contributed by atoms with Crippen molar-refractivity contribution in [1.29, 1.82) is 0 Å². The summed E-state index contributed by atoms with van der Waals surface area (Å²) in [6.45, 7) is 0. The number of hydrogen-bond donors (Lipinski definition) is 0. The van der Waals surface area contributed by atoms with Gasteiger partial charge in [-0.2, -0.15) is 0 Å². The quantitative estimate of drug-likeness (QED) is 0.738. The number of carbonyl (C=O) groups is 1. The van der Waals surface area contributed by atoms with Crippen molar-refractivity contribution in [3.63, 3.8) is 0 Å². The van der Waals surface area contributed by atoms with E-state index in [0.29, 0.717) is 17.3 Å². The third-order valence-corrected chi connectivity index (χ3v) is 2.46. The van der Waals surface area contributed by atoms with Gasteiger partial charge in [0.25, 0.3) is 0 Å². The molecule has 0 aliphatic carbocycles. The van der Waals surface area contributed by atoms with Crippen molar-refractivity contribution in [2.24, 2.45) is 0 Å². The van der Waals surface area contributed by atoms with Crippen LogP contribution in [0.25, 0.3) is 5.52 Å². The minimum absolute atomic E-state index is 0.313. The Morgan fingerprint density at radius 2 is 2.38 bits per heavy atom. The summed E-state index contributed by atoms with van der Waals surface area (Å²) in [5, 5.41) is 0.336. The molecule has 13 heavy (non-hydrogen) atoms. The molecule has 0 N–H and O–H groups in total. The first kappa shape index (κ1) is 8.72. The van der Waals surface area contributed by atoms with Crippen LogP contribution in [0.1, 0.15) is 10.6 Å². The number of rotatable bonds is 1. The van der Waals surface area contributed by atoms with Gasteiger partial charge in [-0.15, -0.1) is 0 Å². The Hall–Kier alpha value is -0.870. The highest BCUT2D eigenvalue weighted by molar-refractivity contribution is 9.10. The van der Waals surface area contributed by atoms with Crippen LogP contribution in [0.4, 0.5) is 0 Å².